The van der Waals surface area contributed by atoms with Crippen molar-refractivity contribution < 1.29 is 28.8 Å². The second kappa shape index (κ2) is 17.2. The molecule has 10 heteroatoms. The van der Waals surface area contributed by atoms with Gasteiger partial charge in [-0.2, -0.15) is 0 Å². The summed E-state index contributed by atoms with van der Waals surface area (Å²) in [6, 6.07) is 57.4. The Bertz CT molecular complexity index is 3310. The highest BCUT2D eigenvalue weighted by molar-refractivity contribution is 7.17. The Hall–Kier alpha value is -8.54. The van der Waals surface area contributed by atoms with Crippen LogP contribution in [0.3, 0.4) is 0 Å². The lowest BCUT2D eigenvalue weighted by molar-refractivity contribution is 0.0975. The van der Waals surface area contributed by atoms with Gasteiger partial charge in [0, 0.05) is 79.7 Å². The number of nitrogens with zero attached hydrogens (tertiary/aromatic N) is 1. The van der Waals surface area contributed by atoms with Crippen LogP contribution in [0.2, 0.25) is 0 Å². The zero-order valence-electron chi connectivity index (χ0n) is 36.7. The molecule has 3 aliphatic carbocycles. The molecule has 12 rings (SSSR count). The molecule has 70 heavy (non-hydrogen) atoms. The lowest BCUT2D eigenvalue weighted by atomic mass is 10.1. The van der Waals surface area contributed by atoms with E-state index in [0.717, 1.165) is 63.0 Å². The van der Waals surface area contributed by atoms with Crippen molar-refractivity contribution in [3.63, 3.8) is 0 Å². The second-order valence-electron chi connectivity index (χ2n) is 16.9. The van der Waals surface area contributed by atoms with Crippen LogP contribution in [-0.2, 0) is 0 Å². The molecular formula is C60H33NO6S3. The number of fused-ring (bicyclic) bond motifs is 3. The molecule has 0 spiro atoms. The standard InChI is InChI=1S/C60H33NO6S3/c62-55-43-7-1-2-8-44(43)56(63)49(55)31-40-25-28-52(68-40)34-13-19-37(20-14-34)61(38-21-15-35(16-22-38)53-29-26-41(69-53)32-50-57(64)45-9-3-4-10-46(45)58(50)65)39-23-17-36(18-24-39)54-30-27-42(70-54)33-51-59(66)47-11-5-6-12-48(47)60(51)67/h1-33H. The Kier molecular flexibility index (Phi) is 10.5. The van der Waals surface area contributed by atoms with Crippen LogP contribution >= 0.6 is 34.0 Å². The highest BCUT2D eigenvalue weighted by Crippen LogP contribution is 2.41. The number of anilines is 3. The SMILES string of the molecule is O=C1C(=Cc2ccc(-c3ccc(N(c4ccc(-c5ccc(C=C6C(=O)c7ccccc7C6=O)s5)cc4)c4ccc(-c5ccc(C=C6C(=O)c7ccccc7C6=O)s5)cc4)cc3)s2)C(=O)c2ccccc21. The quantitative estimate of drug-likeness (QED) is 0.105. The van der Waals surface area contributed by atoms with Crippen LogP contribution in [-0.4, -0.2) is 34.7 Å². The summed E-state index contributed by atoms with van der Waals surface area (Å²) in [5.74, 6) is -1.50. The Labute approximate surface area is 413 Å². The van der Waals surface area contributed by atoms with Crippen molar-refractivity contribution in [1.29, 1.82) is 0 Å². The van der Waals surface area contributed by atoms with Crippen molar-refractivity contribution in [2.24, 2.45) is 0 Å². The van der Waals surface area contributed by atoms with Crippen molar-refractivity contribution in [1.82, 2.24) is 0 Å². The molecule has 3 aromatic heterocycles. The van der Waals surface area contributed by atoms with Gasteiger partial charge in [0.2, 0.25) is 0 Å². The van der Waals surface area contributed by atoms with Gasteiger partial charge < -0.3 is 4.90 Å². The van der Waals surface area contributed by atoms with Crippen LogP contribution in [0.15, 0.2) is 199 Å². The molecule has 0 saturated carbocycles. The van der Waals surface area contributed by atoms with Crippen molar-refractivity contribution >= 4 is 104 Å². The van der Waals surface area contributed by atoms with Gasteiger partial charge in [0.25, 0.3) is 0 Å². The first kappa shape index (κ1) is 42.8. The first-order chi connectivity index (χ1) is 34.2. The van der Waals surface area contributed by atoms with Gasteiger partial charge in [-0.15, -0.1) is 34.0 Å². The molecule has 0 amide bonds. The molecule has 0 bridgehead atoms. The Balaban J connectivity index is 0.836. The van der Waals surface area contributed by atoms with E-state index >= 15 is 0 Å². The molecule has 0 radical (unpaired) electrons. The van der Waals surface area contributed by atoms with Gasteiger partial charge in [0.1, 0.15) is 0 Å². The van der Waals surface area contributed by atoms with Crippen LogP contribution in [0.25, 0.3) is 49.5 Å². The monoisotopic (exact) mass is 959 g/mol. The van der Waals surface area contributed by atoms with E-state index in [1.807, 2.05) is 36.4 Å². The Morgan fingerprint density at radius 3 is 0.729 bits per heavy atom. The van der Waals surface area contributed by atoms with Crippen molar-refractivity contribution in [3.05, 3.63) is 247 Å². The first-order valence-corrected chi connectivity index (χ1v) is 24.7. The lowest BCUT2D eigenvalue weighted by Crippen LogP contribution is -2.09. The van der Waals surface area contributed by atoms with Gasteiger partial charge in [-0.25, -0.2) is 0 Å². The number of ketones is 6. The minimum Gasteiger partial charge on any atom is -0.311 e. The van der Waals surface area contributed by atoms with Crippen molar-refractivity contribution in [2.45, 2.75) is 0 Å². The first-order valence-electron chi connectivity index (χ1n) is 22.3. The molecular weight excluding hydrogens is 927 g/mol. The summed E-state index contributed by atoms with van der Waals surface area (Å²) in [7, 11) is 0. The third-order valence-corrected chi connectivity index (χ3v) is 15.9. The largest absolute Gasteiger partial charge is 0.311 e. The third kappa shape index (κ3) is 7.42. The average Bonchev–Trinajstić information content (AvgIpc) is 4.28. The van der Waals surface area contributed by atoms with Crippen LogP contribution in [0.5, 0.6) is 0 Å². The fraction of sp³-hybridized carbons (Fsp3) is 0. The maximum Gasteiger partial charge on any atom is 0.197 e. The van der Waals surface area contributed by atoms with Gasteiger partial charge in [-0.05, 0) is 108 Å². The van der Waals surface area contributed by atoms with Gasteiger partial charge >= 0.3 is 0 Å². The van der Waals surface area contributed by atoms with Crippen molar-refractivity contribution in [3.8, 4) is 31.3 Å². The number of rotatable bonds is 9. The fourth-order valence-corrected chi connectivity index (χ4v) is 12.0. The van der Waals surface area contributed by atoms with E-state index in [1.165, 1.54) is 34.0 Å². The normalized spacial score (nSPS) is 13.8. The van der Waals surface area contributed by atoms with E-state index in [4.69, 9.17) is 0 Å². The maximum absolute atomic E-state index is 13.1. The summed E-state index contributed by atoms with van der Waals surface area (Å²) in [5, 5.41) is 0. The number of carbonyl (C=O) groups excluding carboxylic acids is 6. The van der Waals surface area contributed by atoms with E-state index in [2.05, 4.69) is 77.7 Å². The predicted molar refractivity (Wildman–Crippen MR) is 280 cm³/mol. The summed E-state index contributed by atoms with van der Waals surface area (Å²) in [5.41, 5.74) is 8.87. The van der Waals surface area contributed by atoms with E-state index in [9.17, 15) is 28.8 Å². The zero-order valence-corrected chi connectivity index (χ0v) is 39.1. The lowest BCUT2D eigenvalue weighted by Gasteiger charge is -2.26. The molecule has 0 fully saturated rings. The molecule has 3 aliphatic rings. The molecule has 0 N–H and O–H groups in total. The van der Waals surface area contributed by atoms with Crippen molar-refractivity contribution in [2.75, 3.05) is 4.90 Å². The molecule has 0 saturated heterocycles. The van der Waals surface area contributed by atoms with Crippen LogP contribution in [0.1, 0.15) is 76.8 Å². The van der Waals surface area contributed by atoms with Crippen LogP contribution < -0.4 is 4.90 Å². The number of thiophene rings is 3. The fourth-order valence-electron chi connectivity index (χ4n) is 9.17. The van der Waals surface area contributed by atoms with E-state index in [0.29, 0.717) is 33.4 Å². The number of carbonyl (C=O) groups is 6. The number of Topliss-reactive ketones (excluding diaryl/α,β-unsaturated/α-hetero) is 6. The van der Waals surface area contributed by atoms with Gasteiger partial charge in [-0.3, -0.25) is 28.8 Å². The number of hydrogen-bond donors (Lipinski definition) is 0. The topological polar surface area (TPSA) is 106 Å². The Morgan fingerprint density at radius 2 is 0.500 bits per heavy atom. The summed E-state index contributed by atoms with van der Waals surface area (Å²) in [6.45, 7) is 0. The van der Waals surface area contributed by atoms with Gasteiger partial charge in [-0.1, -0.05) is 109 Å². The van der Waals surface area contributed by atoms with E-state index in [1.54, 1.807) is 91.0 Å². The summed E-state index contributed by atoms with van der Waals surface area (Å²) in [6.07, 6.45) is 5.08. The summed E-state index contributed by atoms with van der Waals surface area (Å²) >= 11 is 4.53. The van der Waals surface area contributed by atoms with Crippen LogP contribution in [0.4, 0.5) is 17.1 Å². The number of allylic oxidation sites excluding steroid dienone is 3. The number of hydrogen-bond acceptors (Lipinski definition) is 10. The minimum atomic E-state index is -0.251. The molecule has 7 nitrogen and oxygen atoms in total. The maximum atomic E-state index is 13.1. The molecule has 332 valence electrons. The molecule has 6 aromatic carbocycles. The van der Waals surface area contributed by atoms with Gasteiger partial charge in [0.15, 0.2) is 34.7 Å². The minimum absolute atomic E-state index is 0.179. The Morgan fingerprint density at radius 1 is 0.271 bits per heavy atom. The molecule has 0 atom stereocenters. The smallest absolute Gasteiger partial charge is 0.197 e. The molecule has 3 heterocycles. The molecule has 0 unspecified atom stereocenters. The average molecular weight is 960 g/mol. The number of benzene rings is 6. The zero-order chi connectivity index (χ0) is 47.6. The third-order valence-electron chi connectivity index (χ3n) is 12.7. The summed E-state index contributed by atoms with van der Waals surface area (Å²) in [4.78, 5) is 86.1. The highest BCUT2D eigenvalue weighted by Gasteiger charge is 2.35. The summed E-state index contributed by atoms with van der Waals surface area (Å²) < 4.78 is 0. The van der Waals surface area contributed by atoms with E-state index in [-0.39, 0.29) is 51.4 Å². The second-order valence-corrected chi connectivity index (χ2v) is 20.2. The molecule has 9 aromatic rings. The molecule has 0 aliphatic heterocycles. The van der Waals surface area contributed by atoms with E-state index < -0.39 is 0 Å². The predicted octanol–water partition coefficient (Wildman–Crippen LogP) is 14.7. The van der Waals surface area contributed by atoms with Gasteiger partial charge in [0.05, 0.1) is 16.7 Å². The highest BCUT2D eigenvalue weighted by atomic mass is 32.1. The van der Waals surface area contributed by atoms with Crippen LogP contribution in [0, 0.1) is 0 Å².